The molecule has 0 radical (unpaired) electrons. The highest BCUT2D eigenvalue weighted by atomic mass is 35.5. The molecule has 0 unspecified atom stereocenters. The summed E-state index contributed by atoms with van der Waals surface area (Å²) in [7, 11) is 0. The smallest absolute Gasteiger partial charge is 0.246 e. The van der Waals surface area contributed by atoms with Crippen molar-refractivity contribution < 1.29 is 14.3 Å². The monoisotopic (exact) mass is 299 g/mol. The van der Waals surface area contributed by atoms with Gasteiger partial charge in [-0.2, -0.15) is 0 Å². The van der Waals surface area contributed by atoms with E-state index in [-0.39, 0.29) is 24.2 Å². The molecule has 0 bridgehead atoms. The summed E-state index contributed by atoms with van der Waals surface area (Å²) in [6.07, 6.45) is 0.951. The standard InChI is InChI=1S/C13H17N3O3.ClH/c14-7-8-19-10-3-1-9(2-4-10)15-13(18)11-5-6-12(17)16-11;/h1-4,11H,5-8,14H2,(H,15,18)(H,16,17);1H/t11-;/m1./s1. The van der Waals surface area contributed by atoms with Crippen LogP contribution in [0.3, 0.4) is 0 Å². The number of halogens is 1. The Hall–Kier alpha value is -1.79. The van der Waals surface area contributed by atoms with E-state index >= 15 is 0 Å². The number of rotatable bonds is 5. The zero-order valence-corrected chi connectivity index (χ0v) is 11.7. The summed E-state index contributed by atoms with van der Waals surface area (Å²) in [4.78, 5) is 22.9. The molecule has 6 nitrogen and oxygen atoms in total. The van der Waals surface area contributed by atoms with Gasteiger partial charge in [-0.15, -0.1) is 12.4 Å². The number of nitrogens with two attached hydrogens (primary N) is 1. The van der Waals surface area contributed by atoms with E-state index in [0.717, 1.165) is 0 Å². The van der Waals surface area contributed by atoms with E-state index in [4.69, 9.17) is 10.5 Å². The molecule has 0 saturated carbocycles. The Kier molecular flexibility index (Phi) is 6.27. The van der Waals surface area contributed by atoms with Gasteiger partial charge in [-0.25, -0.2) is 0 Å². The van der Waals surface area contributed by atoms with Crippen molar-refractivity contribution in [1.29, 1.82) is 0 Å². The maximum absolute atomic E-state index is 11.8. The molecule has 1 aliphatic heterocycles. The van der Waals surface area contributed by atoms with Crippen molar-refractivity contribution in [3.05, 3.63) is 24.3 Å². The van der Waals surface area contributed by atoms with E-state index in [1.54, 1.807) is 24.3 Å². The zero-order chi connectivity index (χ0) is 13.7. The van der Waals surface area contributed by atoms with E-state index in [0.29, 0.717) is 37.4 Å². The maximum Gasteiger partial charge on any atom is 0.246 e. The number of carbonyl (C=O) groups is 2. The van der Waals surface area contributed by atoms with Crippen LogP contribution < -0.4 is 21.1 Å². The molecule has 7 heteroatoms. The average Bonchev–Trinajstić information content (AvgIpc) is 2.85. The highest BCUT2D eigenvalue weighted by Crippen LogP contribution is 2.16. The number of hydrogen-bond acceptors (Lipinski definition) is 4. The fourth-order valence-corrected chi connectivity index (χ4v) is 1.85. The molecule has 0 spiro atoms. The number of ether oxygens (including phenoxy) is 1. The predicted molar refractivity (Wildman–Crippen MR) is 78.0 cm³/mol. The predicted octanol–water partition coefficient (Wildman–Crippen LogP) is 0.663. The van der Waals surface area contributed by atoms with Gasteiger partial charge in [0.25, 0.3) is 0 Å². The second-order valence-electron chi connectivity index (χ2n) is 4.31. The minimum absolute atomic E-state index is 0. The number of nitrogens with one attached hydrogen (secondary N) is 2. The van der Waals surface area contributed by atoms with Crippen molar-refractivity contribution in [1.82, 2.24) is 5.32 Å². The van der Waals surface area contributed by atoms with Crippen LogP contribution in [0.2, 0.25) is 0 Å². The third kappa shape index (κ3) is 4.40. The van der Waals surface area contributed by atoms with E-state index in [2.05, 4.69) is 10.6 Å². The second kappa shape index (κ2) is 7.72. The van der Waals surface area contributed by atoms with Crippen LogP contribution in [0.25, 0.3) is 0 Å². The van der Waals surface area contributed by atoms with Crippen molar-refractivity contribution in [3.8, 4) is 5.75 Å². The van der Waals surface area contributed by atoms with Gasteiger partial charge in [0.2, 0.25) is 11.8 Å². The Labute approximate surface area is 123 Å². The first-order valence-corrected chi connectivity index (χ1v) is 6.22. The lowest BCUT2D eigenvalue weighted by Crippen LogP contribution is -2.37. The van der Waals surface area contributed by atoms with Crippen LogP contribution in [-0.2, 0) is 9.59 Å². The third-order valence-corrected chi connectivity index (χ3v) is 2.82. The van der Waals surface area contributed by atoms with Gasteiger partial charge in [0.15, 0.2) is 0 Å². The first-order chi connectivity index (χ1) is 9.19. The van der Waals surface area contributed by atoms with Crippen molar-refractivity contribution in [2.45, 2.75) is 18.9 Å². The Morgan fingerprint density at radius 3 is 2.65 bits per heavy atom. The normalized spacial score (nSPS) is 17.1. The Bertz CT molecular complexity index is 464. The molecule has 1 fully saturated rings. The summed E-state index contributed by atoms with van der Waals surface area (Å²) in [5.74, 6) is 0.435. The van der Waals surface area contributed by atoms with Crippen LogP contribution >= 0.6 is 12.4 Å². The lowest BCUT2D eigenvalue weighted by Gasteiger charge is -2.11. The molecule has 0 aliphatic carbocycles. The SMILES string of the molecule is Cl.NCCOc1ccc(NC(=O)[C@H]2CCC(=O)N2)cc1. The van der Waals surface area contributed by atoms with Crippen LogP contribution in [0.4, 0.5) is 5.69 Å². The minimum Gasteiger partial charge on any atom is -0.492 e. The number of carbonyl (C=O) groups excluding carboxylic acids is 2. The molecular weight excluding hydrogens is 282 g/mol. The molecule has 1 aliphatic rings. The van der Waals surface area contributed by atoms with E-state index in [1.807, 2.05) is 0 Å². The second-order valence-corrected chi connectivity index (χ2v) is 4.31. The number of anilines is 1. The highest BCUT2D eigenvalue weighted by Gasteiger charge is 2.26. The maximum atomic E-state index is 11.8. The minimum atomic E-state index is -0.430. The fraction of sp³-hybridized carbons (Fsp3) is 0.385. The van der Waals surface area contributed by atoms with E-state index < -0.39 is 6.04 Å². The highest BCUT2D eigenvalue weighted by molar-refractivity contribution is 5.98. The molecular formula is C13H18ClN3O3. The van der Waals surface area contributed by atoms with Gasteiger partial charge >= 0.3 is 0 Å². The molecule has 20 heavy (non-hydrogen) atoms. The summed E-state index contributed by atoms with van der Waals surface area (Å²) in [5, 5.41) is 5.38. The largest absolute Gasteiger partial charge is 0.492 e. The molecule has 110 valence electrons. The van der Waals surface area contributed by atoms with E-state index in [1.165, 1.54) is 0 Å². The van der Waals surface area contributed by atoms with E-state index in [9.17, 15) is 9.59 Å². The Balaban J connectivity index is 0.00000200. The van der Waals surface area contributed by atoms with Gasteiger partial charge in [0, 0.05) is 18.7 Å². The number of hydrogen-bond donors (Lipinski definition) is 3. The fourth-order valence-electron chi connectivity index (χ4n) is 1.85. The van der Waals surface area contributed by atoms with Gasteiger partial charge in [0.05, 0.1) is 0 Å². The van der Waals surface area contributed by atoms with Crippen molar-refractivity contribution in [2.75, 3.05) is 18.5 Å². The van der Waals surface area contributed by atoms with Crippen LogP contribution in [0, 0.1) is 0 Å². The molecule has 2 rings (SSSR count). The number of benzene rings is 1. The molecule has 4 N–H and O–H groups in total. The molecule has 1 aromatic rings. The first kappa shape index (κ1) is 16.3. The molecule has 1 heterocycles. The molecule has 1 aromatic carbocycles. The lowest BCUT2D eigenvalue weighted by atomic mass is 10.2. The topological polar surface area (TPSA) is 93.4 Å². The first-order valence-electron chi connectivity index (χ1n) is 6.22. The summed E-state index contributed by atoms with van der Waals surface area (Å²) in [5.41, 5.74) is 6.01. The summed E-state index contributed by atoms with van der Waals surface area (Å²) < 4.78 is 5.33. The van der Waals surface area contributed by atoms with Gasteiger partial charge in [-0.1, -0.05) is 0 Å². The molecule has 0 aromatic heterocycles. The van der Waals surface area contributed by atoms with Crippen LogP contribution in [0.5, 0.6) is 5.75 Å². The third-order valence-electron chi connectivity index (χ3n) is 2.82. The van der Waals surface area contributed by atoms with Crippen molar-refractivity contribution in [2.24, 2.45) is 5.73 Å². The quantitative estimate of drug-likeness (QED) is 0.744. The van der Waals surface area contributed by atoms with Gasteiger partial charge in [-0.3, -0.25) is 9.59 Å². The molecule has 1 saturated heterocycles. The van der Waals surface area contributed by atoms with Gasteiger partial charge in [-0.05, 0) is 30.7 Å². The van der Waals surface area contributed by atoms with Crippen LogP contribution in [0.15, 0.2) is 24.3 Å². The van der Waals surface area contributed by atoms with Gasteiger partial charge in [0.1, 0.15) is 18.4 Å². The van der Waals surface area contributed by atoms with Crippen LogP contribution in [0.1, 0.15) is 12.8 Å². The molecule has 2 amide bonds. The van der Waals surface area contributed by atoms with Gasteiger partial charge < -0.3 is 21.1 Å². The van der Waals surface area contributed by atoms with Crippen molar-refractivity contribution >= 4 is 29.9 Å². The summed E-state index contributed by atoms with van der Waals surface area (Å²) in [6, 6.07) is 6.60. The molecule has 1 atom stereocenters. The summed E-state index contributed by atoms with van der Waals surface area (Å²) in [6.45, 7) is 0.916. The van der Waals surface area contributed by atoms with Crippen molar-refractivity contribution in [3.63, 3.8) is 0 Å². The zero-order valence-electron chi connectivity index (χ0n) is 10.9. The average molecular weight is 300 g/mol. The lowest BCUT2D eigenvalue weighted by molar-refractivity contribution is -0.122. The number of amides is 2. The summed E-state index contributed by atoms with van der Waals surface area (Å²) >= 11 is 0. The Morgan fingerprint density at radius 2 is 2.10 bits per heavy atom. The van der Waals surface area contributed by atoms with Crippen LogP contribution in [-0.4, -0.2) is 31.0 Å². The Morgan fingerprint density at radius 1 is 1.40 bits per heavy atom.